The molecule has 78 valence electrons. The summed E-state index contributed by atoms with van der Waals surface area (Å²) in [6.07, 6.45) is 3.07. The Morgan fingerprint density at radius 1 is 1.50 bits per heavy atom. The fourth-order valence-electron chi connectivity index (χ4n) is 2.26. The van der Waals surface area contributed by atoms with Crippen LogP contribution in [0.1, 0.15) is 33.1 Å². The average Bonchev–Trinajstić information content (AvgIpc) is 2.76. The molecule has 1 saturated carbocycles. The van der Waals surface area contributed by atoms with E-state index in [1.807, 2.05) is 4.90 Å². The summed E-state index contributed by atoms with van der Waals surface area (Å²) >= 11 is 0. The minimum atomic E-state index is -0.0291. The van der Waals surface area contributed by atoms with Crippen LogP contribution < -0.4 is 0 Å². The Labute approximate surface area is 86.0 Å². The van der Waals surface area contributed by atoms with Gasteiger partial charge in [0.1, 0.15) is 0 Å². The molecule has 2 heteroatoms. The van der Waals surface area contributed by atoms with Crippen LogP contribution in [0.15, 0.2) is 12.2 Å². The monoisotopic (exact) mass is 193 g/mol. The molecule has 0 unspecified atom stereocenters. The van der Waals surface area contributed by atoms with Gasteiger partial charge in [0, 0.05) is 18.5 Å². The SMILES string of the molecule is C=C1CCN(C(=O)[C@]2(C)C[C@H]2C)CC1. The smallest absolute Gasteiger partial charge is 0.228 e. The largest absolute Gasteiger partial charge is 0.342 e. The number of hydrogen-bond donors (Lipinski definition) is 0. The van der Waals surface area contributed by atoms with Gasteiger partial charge in [-0.3, -0.25) is 4.79 Å². The molecule has 2 fully saturated rings. The first-order valence-electron chi connectivity index (χ1n) is 5.50. The van der Waals surface area contributed by atoms with Crippen LogP contribution in [0.25, 0.3) is 0 Å². The lowest BCUT2D eigenvalue weighted by Crippen LogP contribution is -2.40. The van der Waals surface area contributed by atoms with Gasteiger partial charge in [-0.1, -0.05) is 26.0 Å². The van der Waals surface area contributed by atoms with E-state index in [4.69, 9.17) is 0 Å². The number of hydrogen-bond acceptors (Lipinski definition) is 1. The molecule has 14 heavy (non-hydrogen) atoms. The van der Waals surface area contributed by atoms with Gasteiger partial charge in [0.2, 0.25) is 5.91 Å². The van der Waals surface area contributed by atoms with E-state index in [0.29, 0.717) is 11.8 Å². The van der Waals surface area contributed by atoms with Crippen molar-refractivity contribution in [1.29, 1.82) is 0 Å². The Kier molecular flexibility index (Phi) is 2.17. The van der Waals surface area contributed by atoms with Crippen LogP contribution >= 0.6 is 0 Å². The number of likely N-dealkylation sites (tertiary alicyclic amines) is 1. The molecule has 0 N–H and O–H groups in total. The molecule has 0 spiro atoms. The fraction of sp³-hybridized carbons (Fsp3) is 0.750. The molecule has 1 heterocycles. The van der Waals surface area contributed by atoms with Crippen molar-refractivity contribution in [2.24, 2.45) is 11.3 Å². The molecule has 0 radical (unpaired) electrons. The number of amides is 1. The summed E-state index contributed by atoms with van der Waals surface area (Å²) in [7, 11) is 0. The number of piperidine rings is 1. The minimum Gasteiger partial charge on any atom is -0.342 e. The second-order valence-corrected chi connectivity index (χ2v) is 5.06. The quantitative estimate of drug-likeness (QED) is 0.585. The molecule has 1 saturated heterocycles. The van der Waals surface area contributed by atoms with E-state index < -0.39 is 0 Å². The zero-order valence-corrected chi connectivity index (χ0v) is 9.18. The minimum absolute atomic E-state index is 0.0291. The van der Waals surface area contributed by atoms with E-state index in [0.717, 1.165) is 32.4 Å². The summed E-state index contributed by atoms with van der Waals surface area (Å²) in [5, 5.41) is 0. The molecule has 2 aliphatic rings. The van der Waals surface area contributed by atoms with Crippen LogP contribution in [0.2, 0.25) is 0 Å². The van der Waals surface area contributed by atoms with Crippen molar-refractivity contribution in [2.45, 2.75) is 33.1 Å². The maximum atomic E-state index is 12.1. The number of carbonyl (C=O) groups excluding carboxylic acids is 1. The Morgan fingerprint density at radius 2 is 2.00 bits per heavy atom. The maximum absolute atomic E-state index is 12.1. The van der Waals surface area contributed by atoms with Crippen LogP contribution in [0, 0.1) is 11.3 Å². The molecule has 2 nitrogen and oxygen atoms in total. The van der Waals surface area contributed by atoms with E-state index in [2.05, 4.69) is 20.4 Å². The molecule has 2 atom stereocenters. The Hall–Kier alpha value is -0.790. The normalized spacial score (nSPS) is 37.1. The van der Waals surface area contributed by atoms with Crippen LogP contribution in [0.5, 0.6) is 0 Å². The van der Waals surface area contributed by atoms with Gasteiger partial charge in [0.25, 0.3) is 0 Å². The summed E-state index contributed by atoms with van der Waals surface area (Å²) < 4.78 is 0. The first-order chi connectivity index (χ1) is 6.54. The third-order valence-electron chi connectivity index (χ3n) is 3.90. The van der Waals surface area contributed by atoms with Gasteiger partial charge in [-0.05, 0) is 25.2 Å². The predicted octanol–water partition coefficient (Wildman–Crippen LogP) is 2.21. The molecule has 1 aliphatic heterocycles. The van der Waals surface area contributed by atoms with E-state index in [1.54, 1.807) is 0 Å². The molecule has 0 bridgehead atoms. The Bertz CT molecular complexity index is 274. The highest BCUT2D eigenvalue weighted by Gasteiger charge is 2.54. The van der Waals surface area contributed by atoms with Crippen molar-refractivity contribution >= 4 is 5.91 Å². The zero-order valence-electron chi connectivity index (χ0n) is 9.18. The Balaban J connectivity index is 1.96. The van der Waals surface area contributed by atoms with Gasteiger partial charge < -0.3 is 4.90 Å². The van der Waals surface area contributed by atoms with Crippen LogP contribution in [0.3, 0.4) is 0 Å². The lowest BCUT2D eigenvalue weighted by Gasteiger charge is -2.30. The van der Waals surface area contributed by atoms with Crippen molar-refractivity contribution in [3.63, 3.8) is 0 Å². The molecule has 0 aromatic heterocycles. The first kappa shape index (κ1) is 9.75. The van der Waals surface area contributed by atoms with Crippen molar-refractivity contribution in [3.8, 4) is 0 Å². The number of rotatable bonds is 1. The van der Waals surface area contributed by atoms with Gasteiger partial charge in [0.15, 0.2) is 0 Å². The molecule has 0 aromatic rings. The van der Waals surface area contributed by atoms with E-state index in [-0.39, 0.29) is 5.41 Å². The molecule has 1 aliphatic carbocycles. The summed E-state index contributed by atoms with van der Waals surface area (Å²) in [6, 6.07) is 0. The van der Waals surface area contributed by atoms with Gasteiger partial charge in [-0.2, -0.15) is 0 Å². The van der Waals surface area contributed by atoms with E-state index in [1.165, 1.54) is 5.57 Å². The average molecular weight is 193 g/mol. The fourth-order valence-corrected chi connectivity index (χ4v) is 2.26. The predicted molar refractivity (Wildman–Crippen MR) is 56.8 cm³/mol. The zero-order chi connectivity index (χ0) is 10.3. The van der Waals surface area contributed by atoms with Crippen LogP contribution in [-0.2, 0) is 4.79 Å². The Morgan fingerprint density at radius 3 is 2.43 bits per heavy atom. The molecular weight excluding hydrogens is 174 g/mol. The van der Waals surface area contributed by atoms with Crippen molar-refractivity contribution in [3.05, 3.63) is 12.2 Å². The highest BCUT2D eigenvalue weighted by atomic mass is 16.2. The van der Waals surface area contributed by atoms with E-state index in [9.17, 15) is 4.79 Å². The first-order valence-corrected chi connectivity index (χ1v) is 5.50. The molecule has 1 amide bonds. The van der Waals surface area contributed by atoms with Crippen molar-refractivity contribution in [2.75, 3.05) is 13.1 Å². The third-order valence-corrected chi connectivity index (χ3v) is 3.90. The summed E-state index contributed by atoms with van der Waals surface area (Å²) in [5.41, 5.74) is 1.27. The standard InChI is InChI=1S/C12H19NO/c1-9-4-6-13(7-5-9)11(14)12(3)8-10(12)2/h10H,1,4-8H2,2-3H3/t10-,12-/m1/s1. The molecular formula is C12H19NO. The number of nitrogens with zero attached hydrogens (tertiary/aromatic N) is 1. The topological polar surface area (TPSA) is 20.3 Å². The highest BCUT2D eigenvalue weighted by molar-refractivity contribution is 5.85. The second kappa shape index (κ2) is 3.11. The lowest BCUT2D eigenvalue weighted by atomic mass is 10.0. The third kappa shape index (κ3) is 1.47. The van der Waals surface area contributed by atoms with E-state index >= 15 is 0 Å². The highest BCUT2D eigenvalue weighted by Crippen LogP contribution is 2.53. The van der Waals surface area contributed by atoms with Crippen molar-refractivity contribution in [1.82, 2.24) is 4.90 Å². The van der Waals surface area contributed by atoms with Gasteiger partial charge in [-0.15, -0.1) is 0 Å². The van der Waals surface area contributed by atoms with Crippen LogP contribution in [-0.4, -0.2) is 23.9 Å². The summed E-state index contributed by atoms with van der Waals surface area (Å²) in [4.78, 5) is 14.1. The van der Waals surface area contributed by atoms with Crippen molar-refractivity contribution < 1.29 is 4.79 Å². The second-order valence-electron chi connectivity index (χ2n) is 5.06. The number of carbonyl (C=O) groups is 1. The summed E-state index contributed by atoms with van der Waals surface area (Å²) in [5.74, 6) is 0.956. The van der Waals surface area contributed by atoms with Gasteiger partial charge in [0.05, 0.1) is 0 Å². The van der Waals surface area contributed by atoms with Gasteiger partial charge in [-0.25, -0.2) is 0 Å². The lowest BCUT2D eigenvalue weighted by molar-refractivity contribution is -0.137. The van der Waals surface area contributed by atoms with Gasteiger partial charge >= 0.3 is 0 Å². The van der Waals surface area contributed by atoms with Crippen LogP contribution in [0.4, 0.5) is 0 Å². The molecule has 0 aromatic carbocycles. The maximum Gasteiger partial charge on any atom is 0.228 e. The molecule has 2 rings (SSSR count). The summed E-state index contributed by atoms with van der Waals surface area (Å²) in [6.45, 7) is 10.0.